The lowest BCUT2D eigenvalue weighted by Crippen LogP contribution is -2.46. The molecule has 5 heteroatoms. The molecule has 0 radical (unpaired) electrons. The second-order valence-corrected chi connectivity index (χ2v) is 6.55. The third kappa shape index (κ3) is 7.63. The van der Waals surface area contributed by atoms with Crippen molar-refractivity contribution in [3.8, 4) is 0 Å². The molecule has 0 fully saturated rings. The van der Waals surface area contributed by atoms with Crippen LogP contribution in [0.5, 0.6) is 0 Å². The molecule has 0 aliphatic carbocycles. The van der Waals surface area contributed by atoms with Gasteiger partial charge in [0.05, 0.1) is 11.4 Å². The van der Waals surface area contributed by atoms with Crippen molar-refractivity contribution in [3.63, 3.8) is 0 Å². The average molecular weight is 263 g/mol. The Morgan fingerprint density at radius 2 is 1.82 bits per heavy atom. The Morgan fingerprint density at radius 1 is 1.29 bits per heavy atom. The Hall–Kier alpha value is -0.260. The van der Waals surface area contributed by atoms with E-state index < -0.39 is 5.60 Å². The fraction of sp³-hybridized carbons (Fsp3) is 0.917. The predicted octanol–water partition coefficient (Wildman–Crippen LogP) is 1.81. The number of rotatable bonds is 6. The number of hydrogen-bond acceptors (Lipinski definition) is 5. The van der Waals surface area contributed by atoms with Crippen LogP contribution in [0.2, 0.25) is 0 Å². The molecule has 0 heterocycles. The molecule has 0 spiro atoms. The van der Waals surface area contributed by atoms with Crippen LogP contribution in [0.4, 0.5) is 0 Å². The molecular weight excluding hydrogens is 238 g/mol. The molecule has 0 aliphatic rings. The van der Waals surface area contributed by atoms with Gasteiger partial charge in [0.1, 0.15) is 5.60 Å². The van der Waals surface area contributed by atoms with E-state index in [1.54, 1.807) is 7.11 Å². The largest absolute Gasteiger partial charge is 0.459 e. The highest BCUT2D eigenvalue weighted by Gasteiger charge is 2.26. The summed E-state index contributed by atoms with van der Waals surface area (Å²) in [5.74, 6) is 0.787. The van der Waals surface area contributed by atoms with Crippen molar-refractivity contribution >= 4 is 17.7 Å². The van der Waals surface area contributed by atoms with E-state index in [0.29, 0.717) is 11.5 Å². The van der Waals surface area contributed by atoms with Crippen LogP contribution in [0.3, 0.4) is 0 Å². The normalized spacial score (nSPS) is 14.5. The summed E-state index contributed by atoms with van der Waals surface area (Å²) < 4.78 is 10.5. The van der Waals surface area contributed by atoms with Gasteiger partial charge in [-0.1, -0.05) is 0 Å². The van der Waals surface area contributed by atoms with Crippen LogP contribution in [0.25, 0.3) is 0 Å². The molecule has 0 bridgehead atoms. The summed E-state index contributed by atoms with van der Waals surface area (Å²) in [5, 5.41) is 0. The van der Waals surface area contributed by atoms with Gasteiger partial charge in [0.15, 0.2) is 0 Å². The fourth-order valence-electron chi connectivity index (χ4n) is 0.992. The minimum atomic E-state index is -0.425. The SMILES string of the molecule is COC(C)(C)C(N)CSCC(=O)OC(C)(C)C. The van der Waals surface area contributed by atoms with Crippen LogP contribution >= 0.6 is 11.8 Å². The van der Waals surface area contributed by atoms with Crippen LogP contribution in [0.1, 0.15) is 34.6 Å². The Morgan fingerprint density at radius 3 is 2.24 bits per heavy atom. The zero-order valence-corrected chi connectivity index (χ0v) is 12.5. The average Bonchev–Trinajstić information content (AvgIpc) is 2.14. The Labute approximate surface area is 109 Å². The van der Waals surface area contributed by atoms with E-state index in [4.69, 9.17) is 15.2 Å². The predicted molar refractivity (Wildman–Crippen MR) is 72.2 cm³/mol. The van der Waals surface area contributed by atoms with Crippen molar-refractivity contribution in [2.24, 2.45) is 5.73 Å². The van der Waals surface area contributed by atoms with Gasteiger partial charge in [-0.15, -0.1) is 11.8 Å². The molecule has 4 nitrogen and oxygen atoms in total. The van der Waals surface area contributed by atoms with Crippen LogP contribution in [0, 0.1) is 0 Å². The number of carbonyl (C=O) groups is 1. The summed E-state index contributed by atoms with van der Waals surface area (Å²) in [6.45, 7) is 9.44. The Balaban J connectivity index is 3.89. The van der Waals surface area contributed by atoms with Crippen molar-refractivity contribution in [1.82, 2.24) is 0 Å². The van der Waals surface area contributed by atoms with Gasteiger partial charge in [-0.05, 0) is 34.6 Å². The zero-order valence-electron chi connectivity index (χ0n) is 11.7. The zero-order chi connectivity index (χ0) is 13.7. The van der Waals surface area contributed by atoms with Crippen molar-refractivity contribution in [3.05, 3.63) is 0 Å². The Kier molecular flexibility index (Phi) is 6.51. The molecule has 102 valence electrons. The summed E-state index contributed by atoms with van der Waals surface area (Å²) in [6, 6.07) is -0.111. The molecule has 0 rings (SSSR count). The standard InChI is InChI=1S/C12H25NO3S/c1-11(2,3)16-10(14)8-17-7-9(13)12(4,5)15-6/h9H,7-8,13H2,1-6H3. The van der Waals surface area contributed by atoms with Gasteiger partial charge in [-0.2, -0.15) is 0 Å². The minimum Gasteiger partial charge on any atom is -0.459 e. The van der Waals surface area contributed by atoms with Crippen molar-refractivity contribution in [1.29, 1.82) is 0 Å². The lowest BCUT2D eigenvalue weighted by molar-refractivity contribution is -0.151. The van der Waals surface area contributed by atoms with E-state index in [9.17, 15) is 4.79 Å². The number of methoxy groups -OCH3 is 1. The van der Waals surface area contributed by atoms with Crippen LogP contribution < -0.4 is 5.73 Å². The number of thioether (sulfide) groups is 1. The molecule has 0 saturated carbocycles. The van der Waals surface area contributed by atoms with E-state index >= 15 is 0 Å². The maximum absolute atomic E-state index is 11.4. The molecule has 0 aromatic carbocycles. The van der Waals surface area contributed by atoms with Gasteiger partial charge in [-0.3, -0.25) is 4.79 Å². The first kappa shape index (κ1) is 16.7. The van der Waals surface area contributed by atoms with E-state index in [2.05, 4.69) is 0 Å². The molecule has 0 aromatic rings. The maximum atomic E-state index is 11.4. The van der Waals surface area contributed by atoms with Crippen LogP contribution in [0.15, 0.2) is 0 Å². The van der Waals surface area contributed by atoms with E-state index in [-0.39, 0.29) is 17.6 Å². The number of hydrogen-bond donors (Lipinski definition) is 1. The molecule has 1 unspecified atom stereocenters. The summed E-state index contributed by atoms with van der Waals surface area (Å²) in [4.78, 5) is 11.4. The lowest BCUT2D eigenvalue weighted by Gasteiger charge is -2.29. The molecule has 0 aliphatic heterocycles. The third-order valence-electron chi connectivity index (χ3n) is 2.36. The lowest BCUT2D eigenvalue weighted by atomic mass is 10.0. The monoisotopic (exact) mass is 263 g/mol. The smallest absolute Gasteiger partial charge is 0.316 e. The first-order chi connectivity index (χ1) is 7.58. The number of esters is 1. The molecule has 0 saturated heterocycles. The van der Waals surface area contributed by atoms with Gasteiger partial charge >= 0.3 is 5.97 Å². The number of carbonyl (C=O) groups excluding carboxylic acids is 1. The van der Waals surface area contributed by atoms with E-state index in [0.717, 1.165) is 0 Å². The second kappa shape index (κ2) is 6.61. The summed E-state index contributed by atoms with van der Waals surface area (Å²) in [5.41, 5.74) is 5.18. The molecule has 17 heavy (non-hydrogen) atoms. The Bertz CT molecular complexity index is 249. The summed E-state index contributed by atoms with van der Waals surface area (Å²) in [7, 11) is 1.64. The first-order valence-corrected chi connectivity index (χ1v) is 6.84. The van der Waals surface area contributed by atoms with Crippen LogP contribution in [-0.2, 0) is 14.3 Å². The van der Waals surface area contributed by atoms with Gasteiger partial charge in [0.2, 0.25) is 0 Å². The highest BCUT2D eigenvalue weighted by atomic mass is 32.2. The van der Waals surface area contributed by atoms with E-state index in [1.165, 1.54) is 11.8 Å². The minimum absolute atomic E-state index is 0.111. The first-order valence-electron chi connectivity index (χ1n) is 5.69. The van der Waals surface area contributed by atoms with Gasteiger partial charge < -0.3 is 15.2 Å². The molecular formula is C12H25NO3S. The number of ether oxygens (including phenoxy) is 2. The summed E-state index contributed by atoms with van der Waals surface area (Å²) in [6.07, 6.45) is 0. The van der Waals surface area contributed by atoms with Gasteiger partial charge in [0, 0.05) is 18.9 Å². The second-order valence-electron chi connectivity index (χ2n) is 5.52. The topological polar surface area (TPSA) is 61.5 Å². The highest BCUT2D eigenvalue weighted by molar-refractivity contribution is 7.99. The van der Waals surface area contributed by atoms with Crippen molar-refractivity contribution in [2.45, 2.75) is 51.9 Å². The molecule has 0 amide bonds. The maximum Gasteiger partial charge on any atom is 0.316 e. The van der Waals surface area contributed by atoms with Crippen molar-refractivity contribution < 1.29 is 14.3 Å². The van der Waals surface area contributed by atoms with E-state index in [1.807, 2.05) is 34.6 Å². The third-order valence-corrected chi connectivity index (χ3v) is 3.39. The fourth-order valence-corrected chi connectivity index (χ4v) is 1.99. The van der Waals surface area contributed by atoms with Crippen LogP contribution in [-0.4, -0.2) is 41.8 Å². The highest BCUT2D eigenvalue weighted by Crippen LogP contribution is 2.17. The van der Waals surface area contributed by atoms with Gasteiger partial charge in [-0.25, -0.2) is 0 Å². The summed E-state index contributed by atoms with van der Waals surface area (Å²) >= 11 is 1.47. The number of nitrogens with two attached hydrogens (primary N) is 1. The molecule has 2 N–H and O–H groups in total. The molecule has 1 atom stereocenters. The quantitative estimate of drug-likeness (QED) is 0.741. The molecule has 0 aromatic heterocycles. The van der Waals surface area contributed by atoms with Gasteiger partial charge in [0.25, 0.3) is 0 Å². The van der Waals surface area contributed by atoms with Crippen molar-refractivity contribution in [2.75, 3.05) is 18.6 Å².